The Morgan fingerprint density at radius 3 is 1.29 bits per heavy atom. The molecule has 0 heterocycles. The Bertz CT molecular complexity index is 297. The van der Waals surface area contributed by atoms with Crippen molar-refractivity contribution in [3.63, 3.8) is 0 Å². The van der Waals surface area contributed by atoms with Crippen LogP contribution in [0.2, 0.25) is 0 Å². The third kappa shape index (κ3) is 12.3. The normalized spacial score (nSPS) is 11.1. The molecule has 0 saturated carbocycles. The van der Waals surface area contributed by atoms with Gasteiger partial charge in [0.1, 0.15) is 0 Å². The summed E-state index contributed by atoms with van der Waals surface area (Å²) in [5, 5.41) is 0. The molecule has 142 valence electrons. The number of ether oxygens (including phenoxy) is 2. The number of hydrogen-bond donors (Lipinski definition) is 0. The zero-order valence-electron chi connectivity index (χ0n) is 16.0. The minimum absolute atomic E-state index is 0.155. The largest absolute Gasteiger partial charge is 0.466 e. The lowest BCUT2D eigenvalue weighted by molar-refractivity contribution is -0.146. The summed E-state index contributed by atoms with van der Waals surface area (Å²) in [5.74, 6) is -0.309. The fraction of sp³-hybridized carbons (Fsp3) is 0.889. The van der Waals surface area contributed by atoms with E-state index in [1.54, 1.807) is 0 Å². The van der Waals surface area contributed by atoms with Crippen molar-refractivity contribution in [3.8, 4) is 0 Å². The summed E-state index contributed by atoms with van der Waals surface area (Å²) in [7, 11) is 0. The molecular weight excluding hydrogens is 308 g/mol. The number of nitrogens with zero attached hydrogens (tertiary/aromatic N) is 2. The van der Waals surface area contributed by atoms with Crippen LogP contribution >= 0.6 is 0 Å². The van der Waals surface area contributed by atoms with Crippen molar-refractivity contribution >= 4 is 11.9 Å². The Morgan fingerprint density at radius 1 is 0.667 bits per heavy atom. The molecule has 6 nitrogen and oxygen atoms in total. The SMILES string of the molecule is CCN(CC)CCC(=O)OCCCCOC(=O)CCN(CC)CC. The lowest BCUT2D eigenvalue weighted by Gasteiger charge is -2.17. The molecule has 0 rings (SSSR count). The predicted molar refractivity (Wildman–Crippen MR) is 96.0 cm³/mol. The Hall–Kier alpha value is -1.14. The highest BCUT2D eigenvalue weighted by Crippen LogP contribution is 1.98. The van der Waals surface area contributed by atoms with Gasteiger partial charge in [-0.1, -0.05) is 27.7 Å². The van der Waals surface area contributed by atoms with Crippen LogP contribution in [-0.4, -0.2) is 74.2 Å². The summed E-state index contributed by atoms with van der Waals surface area (Å²) in [6.45, 7) is 14.4. The summed E-state index contributed by atoms with van der Waals surface area (Å²) in [6.07, 6.45) is 2.31. The fourth-order valence-electron chi connectivity index (χ4n) is 2.30. The van der Waals surface area contributed by atoms with Gasteiger partial charge in [-0.05, 0) is 39.0 Å². The Morgan fingerprint density at radius 2 is 1.00 bits per heavy atom. The molecule has 6 heteroatoms. The van der Waals surface area contributed by atoms with Crippen molar-refractivity contribution in [2.45, 2.75) is 53.4 Å². The van der Waals surface area contributed by atoms with Crippen LogP contribution < -0.4 is 0 Å². The lowest BCUT2D eigenvalue weighted by Crippen LogP contribution is -2.26. The van der Waals surface area contributed by atoms with Gasteiger partial charge in [0.15, 0.2) is 0 Å². The molecule has 0 bridgehead atoms. The third-order valence-corrected chi connectivity index (χ3v) is 4.12. The minimum Gasteiger partial charge on any atom is -0.466 e. The monoisotopic (exact) mass is 344 g/mol. The van der Waals surface area contributed by atoms with E-state index >= 15 is 0 Å². The van der Waals surface area contributed by atoms with Crippen LogP contribution in [0.25, 0.3) is 0 Å². The van der Waals surface area contributed by atoms with Crippen molar-refractivity contribution in [1.29, 1.82) is 0 Å². The van der Waals surface area contributed by atoms with Crippen LogP contribution in [0.15, 0.2) is 0 Å². The standard InChI is InChI=1S/C18H36N2O4/c1-5-19(6-2)13-11-17(21)23-15-9-10-16-24-18(22)12-14-20(7-3)8-4/h5-16H2,1-4H3. The molecule has 0 spiro atoms. The molecule has 0 aromatic carbocycles. The first-order chi connectivity index (χ1) is 11.6. The van der Waals surface area contributed by atoms with E-state index in [1.807, 2.05) is 0 Å². The van der Waals surface area contributed by atoms with Crippen molar-refractivity contribution in [3.05, 3.63) is 0 Å². The number of rotatable bonds is 15. The van der Waals surface area contributed by atoms with Gasteiger partial charge in [-0.25, -0.2) is 0 Å². The summed E-state index contributed by atoms with van der Waals surface area (Å²) >= 11 is 0. The van der Waals surface area contributed by atoms with Crippen molar-refractivity contribution in [2.24, 2.45) is 0 Å². The zero-order valence-corrected chi connectivity index (χ0v) is 16.0. The topological polar surface area (TPSA) is 59.1 Å². The van der Waals surface area contributed by atoms with E-state index in [9.17, 15) is 9.59 Å². The van der Waals surface area contributed by atoms with Gasteiger partial charge in [-0.15, -0.1) is 0 Å². The highest BCUT2D eigenvalue weighted by molar-refractivity contribution is 5.69. The number of carbonyl (C=O) groups excluding carboxylic acids is 2. The first kappa shape index (κ1) is 22.9. The molecule has 0 aliphatic rings. The number of unbranched alkanes of at least 4 members (excludes halogenated alkanes) is 1. The van der Waals surface area contributed by atoms with Gasteiger partial charge >= 0.3 is 11.9 Å². The van der Waals surface area contributed by atoms with Gasteiger partial charge in [0.2, 0.25) is 0 Å². The summed E-state index contributed by atoms with van der Waals surface area (Å²) in [6, 6.07) is 0. The lowest BCUT2D eigenvalue weighted by atomic mass is 10.3. The average Bonchev–Trinajstić information content (AvgIpc) is 2.59. The van der Waals surface area contributed by atoms with E-state index in [0.717, 1.165) is 52.1 Å². The maximum Gasteiger partial charge on any atom is 0.307 e. The molecule has 0 aliphatic heterocycles. The minimum atomic E-state index is -0.155. The van der Waals surface area contributed by atoms with Gasteiger partial charge < -0.3 is 19.3 Å². The molecule has 24 heavy (non-hydrogen) atoms. The molecule has 0 aliphatic carbocycles. The van der Waals surface area contributed by atoms with Crippen LogP contribution in [0.1, 0.15) is 53.4 Å². The van der Waals surface area contributed by atoms with Crippen LogP contribution in [0.3, 0.4) is 0 Å². The molecule has 0 unspecified atom stereocenters. The summed E-state index contributed by atoms with van der Waals surface area (Å²) in [5.41, 5.74) is 0. The second-order valence-electron chi connectivity index (χ2n) is 5.70. The number of carbonyl (C=O) groups is 2. The molecular formula is C18H36N2O4. The maximum absolute atomic E-state index is 11.6. The quantitative estimate of drug-likeness (QED) is 0.336. The average molecular weight is 344 g/mol. The van der Waals surface area contributed by atoms with Crippen molar-refractivity contribution < 1.29 is 19.1 Å². The van der Waals surface area contributed by atoms with Crippen LogP contribution in [0.4, 0.5) is 0 Å². The molecule has 0 aromatic rings. The second-order valence-corrected chi connectivity index (χ2v) is 5.70. The second kappa shape index (κ2) is 15.4. The van der Waals surface area contributed by atoms with Crippen molar-refractivity contribution in [1.82, 2.24) is 9.80 Å². The van der Waals surface area contributed by atoms with E-state index in [4.69, 9.17) is 9.47 Å². The molecule has 0 aromatic heterocycles. The third-order valence-electron chi connectivity index (χ3n) is 4.12. The van der Waals surface area contributed by atoms with E-state index in [0.29, 0.717) is 26.1 Å². The maximum atomic E-state index is 11.6. The molecule has 0 N–H and O–H groups in total. The van der Waals surface area contributed by atoms with Crippen LogP contribution in [0.5, 0.6) is 0 Å². The fourth-order valence-corrected chi connectivity index (χ4v) is 2.30. The van der Waals surface area contributed by atoms with Gasteiger partial charge in [-0.2, -0.15) is 0 Å². The van der Waals surface area contributed by atoms with E-state index in [1.165, 1.54) is 0 Å². The van der Waals surface area contributed by atoms with E-state index in [2.05, 4.69) is 37.5 Å². The van der Waals surface area contributed by atoms with Gasteiger partial charge in [0.25, 0.3) is 0 Å². The van der Waals surface area contributed by atoms with Crippen LogP contribution in [0, 0.1) is 0 Å². The predicted octanol–water partition coefficient (Wildman–Crippen LogP) is 2.32. The number of esters is 2. The Balaban J connectivity index is 3.52. The van der Waals surface area contributed by atoms with Gasteiger partial charge in [0.05, 0.1) is 26.1 Å². The molecule has 0 atom stereocenters. The zero-order chi connectivity index (χ0) is 18.2. The molecule has 0 saturated heterocycles. The van der Waals surface area contributed by atoms with E-state index < -0.39 is 0 Å². The molecule has 0 amide bonds. The number of hydrogen-bond acceptors (Lipinski definition) is 6. The first-order valence-corrected chi connectivity index (χ1v) is 9.33. The van der Waals surface area contributed by atoms with Crippen molar-refractivity contribution in [2.75, 3.05) is 52.5 Å². The summed E-state index contributed by atoms with van der Waals surface area (Å²) in [4.78, 5) is 27.6. The van der Waals surface area contributed by atoms with E-state index in [-0.39, 0.29) is 11.9 Å². The van der Waals surface area contributed by atoms with Gasteiger partial charge in [0, 0.05) is 13.1 Å². The smallest absolute Gasteiger partial charge is 0.307 e. The molecule has 0 radical (unpaired) electrons. The summed E-state index contributed by atoms with van der Waals surface area (Å²) < 4.78 is 10.4. The van der Waals surface area contributed by atoms with Crippen LogP contribution in [-0.2, 0) is 19.1 Å². The first-order valence-electron chi connectivity index (χ1n) is 9.33. The highest BCUT2D eigenvalue weighted by Gasteiger charge is 2.07. The van der Waals surface area contributed by atoms with Gasteiger partial charge in [-0.3, -0.25) is 9.59 Å². The highest BCUT2D eigenvalue weighted by atomic mass is 16.5. The Kier molecular flexibility index (Phi) is 14.7. The molecule has 0 fully saturated rings. The Labute approximate surface area is 147 Å².